The Morgan fingerprint density at radius 1 is 1.41 bits per heavy atom. The zero-order chi connectivity index (χ0) is 12.0. The lowest BCUT2D eigenvalue weighted by Gasteiger charge is -2.16. The summed E-state index contributed by atoms with van der Waals surface area (Å²) in [6, 6.07) is 0. The summed E-state index contributed by atoms with van der Waals surface area (Å²) in [4.78, 5) is 20.5. The molecule has 1 saturated carbocycles. The van der Waals surface area contributed by atoms with E-state index in [4.69, 9.17) is 5.11 Å². The zero-order valence-electron chi connectivity index (χ0n) is 9.20. The second kappa shape index (κ2) is 3.40. The van der Waals surface area contributed by atoms with Crippen molar-refractivity contribution in [3.05, 3.63) is 18.1 Å². The Bertz CT molecular complexity index is 456. The summed E-state index contributed by atoms with van der Waals surface area (Å²) in [7, 11) is 0. The number of β-amino-alcohol motifs (C(OH)–C–C–N with tert-alkyl or cyclic N) is 1. The molecule has 2 fully saturated rings. The predicted molar refractivity (Wildman–Crippen MR) is 58.9 cm³/mol. The first-order valence-corrected chi connectivity index (χ1v) is 5.59. The van der Waals surface area contributed by atoms with Crippen LogP contribution in [0.3, 0.4) is 0 Å². The number of hydrogen-bond acceptors (Lipinski definition) is 5. The van der Waals surface area contributed by atoms with Crippen molar-refractivity contribution < 1.29 is 15.0 Å². The molecule has 2 heterocycles. The van der Waals surface area contributed by atoms with Gasteiger partial charge in [0.1, 0.15) is 5.82 Å². The number of carboxylic acids is 1. The molecule has 1 aliphatic carbocycles. The summed E-state index contributed by atoms with van der Waals surface area (Å²) in [6.45, 7) is 1.34. The SMILES string of the molecule is O=C(O)c1cnc(N2CC(O)C3(CC3)C2)cn1. The lowest BCUT2D eigenvalue weighted by atomic mass is 10.0. The maximum absolute atomic E-state index is 10.6. The molecular formula is C11H13N3O3. The number of aromatic carboxylic acids is 1. The summed E-state index contributed by atoms with van der Waals surface area (Å²) in [5, 5.41) is 18.6. The fourth-order valence-electron chi connectivity index (χ4n) is 2.37. The van der Waals surface area contributed by atoms with E-state index >= 15 is 0 Å². The van der Waals surface area contributed by atoms with Gasteiger partial charge in [0.2, 0.25) is 0 Å². The van der Waals surface area contributed by atoms with Crippen molar-refractivity contribution in [3.8, 4) is 0 Å². The van der Waals surface area contributed by atoms with Gasteiger partial charge in [-0.3, -0.25) is 0 Å². The van der Waals surface area contributed by atoms with Crippen LogP contribution in [-0.2, 0) is 0 Å². The van der Waals surface area contributed by atoms with Crippen LogP contribution in [0.1, 0.15) is 23.3 Å². The van der Waals surface area contributed by atoms with Crippen molar-refractivity contribution in [3.63, 3.8) is 0 Å². The van der Waals surface area contributed by atoms with Crippen LogP contribution in [0.5, 0.6) is 0 Å². The molecule has 0 bridgehead atoms. The van der Waals surface area contributed by atoms with Gasteiger partial charge in [-0.25, -0.2) is 14.8 Å². The molecule has 1 saturated heterocycles. The minimum Gasteiger partial charge on any atom is -0.476 e. The van der Waals surface area contributed by atoms with E-state index in [1.807, 2.05) is 4.90 Å². The van der Waals surface area contributed by atoms with E-state index in [9.17, 15) is 9.90 Å². The number of rotatable bonds is 2. The first-order chi connectivity index (χ1) is 8.11. The first kappa shape index (κ1) is 10.5. The van der Waals surface area contributed by atoms with Crippen LogP contribution in [0, 0.1) is 5.41 Å². The Morgan fingerprint density at radius 3 is 2.65 bits per heavy atom. The summed E-state index contributed by atoms with van der Waals surface area (Å²) < 4.78 is 0. The number of hydrogen-bond donors (Lipinski definition) is 2. The number of aromatic nitrogens is 2. The van der Waals surface area contributed by atoms with Crippen LogP contribution in [-0.4, -0.2) is 45.3 Å². The van der Waals surface area contributed by atoms with Crippen molar-refractivity contribution >= 4 is 11.8 Å². The third-order valence-electron chi connectivity index (χ3n) is 3.68. The van der Waals surface area contributed by atoms with Crippen molar-refractivity contribution in [1.82, 2.24) is 9.97 Å². The highest BCUT2D eigenvalue weighted by Crippen LogP contribution is 2.53. The molecule has 1 aliphatic heterocycles. The van der Waals surface area contributed by atoms with Crippen LogP contribution in [0.2, 0.25) is 0 Å². The first-order valence-electron chi connectivity index (χ1n) is 5.59. The molecule has 6 heteroatoms. The molecule has 0 radical (unpaired) electrons. The number of anilines is 1. The number of nitrogens with zero attached hydrogens (tertiary/aromatic N) is 3. The average Bonchev–Trinajstić information content (AvgIpc) is 3.01. The highest BCUT2D eigenvalue weighted by atomic mass is 16.4. The van der Waals surface area contributed by atoms with Gasteiger partial charge in [0, 0.05) is 18.5 Å². The van der Waals surface area contributed by atoms with Crippen LogP contribution < -0.4 is 4.90 Å². The molecule has 3 rings (SSSR count). The van der Waals surface area contributed by atoms with Crippen LogP contribution in [0.25, 0.3) is 0 Å². The third kappa shape index (κ3) is 1.64. The highest BCUT2D eigenvalue weighted by Gasteiger charge is 2.54. The maximum Gasteiger partial charge on any atom is 0.356 e. The molecule has 17 heavy (non-hydrogen) atoms. The van der Waals surface area contributed by atoms with Gasteiger partial charge in [0.25, 0.3) is 0 Å². The van der Waals surface area contributed by atoms with Gasteiger partial charge in [0.05, 0.1) is 18.5 Å². The second-order valence-corrected chi connectivity index (χ2v) is 4.82. The fourth-order valence-corrected chi connectivity index (χ4v) is 2.37. The van der Waals surface area contributed by atoms with E-state index in [1.165, 1.54) is 12.4 Å². The number of carbonyl (C=O) groups is 1. The Kier molecular flexibility index (Phi) is 2.09. The molecule has 1 unspecified atom stereocenters. The van der Waals surface area contributed by atoms with Crippen LogP contribution >= 0.6 is 0 Å². The fraction of sp³-hybridized carbons (Fsp3) is 0.545. The summed E-state index contributed by atoms with van der Waals surface area (Å²) in [6.07, 6.45) is 4.53. The minimum atomic E-state index is -1.08. The minimum absolute atomic E-state index is 0.0605. The molecule has 1 aromatic rings. The summed E-state index contributed by atoms with van der Waals surface area (Å²) in [5.74, 6) is -0.443. The molecule has 2 N–H and O–H groups in total. The summed E-state index contributed by atoms with van der Waals surface area (Å²) >= 11 is 0. The van der Waals surface area contributed by atoms with Gasteiger partial charge in [0.15, 0.2) is 5.69 Å². The number of aliphatic hydroxyl groups is 1. The number of carboxylic acid groups (broad SMARTS) is 1. The van der Waals surface area contributed by atoms with E-state index in [0.717, 1.165) is 19.4 Å². The molecule has 90 valence electrons. The molecule has 1 spiro atoms. The van der Waals surface area contributed by atoms with Gasteiger partial charge in [-0.2, -0.15) is 0 Å². The maximum atomic E-state index is 10.6. The topological polar surface area (TPSA) is 86.5 Å². The second-order valence-electron chi connectivity index (χ2n) is 4.82. The standard InChI is InChI=1S/C11H13N3O3/c15-8-5-14(6-11(8)1-2-11)9-4-12-7(3-13-9)10(16)17/h3-4,8,15H,1-2,5-6H2,(H,16,17). The van der Waals surface area contributed by atoms with Gasteiger partial charge < -0.3 is 15.1 Å². The van der Waals surface area contributed by atoms with Crippen molar-refractivity contribution in [1.29, 1.82) is 0 Å². The molecular weight excluding hydrogens is 222 g/mol. The summed E-state index contributed by atoms with van der Waals surface area (Å²) in [5.41, 5.74) is 0.00212. The van der Waals surface area contributed by atoms with Crippen molar-refractivity contribution in [2.75, 3.05) is 18.0 Å². The molecule has 6 nitrogen and oxygen atoms in total. The number of aliphatic hydroxyl groups excluding tert-OH is 1. The lowest BCUT2D eigenvalue weighted by Crippen LogP contribution is -2.22. The van der Waals surface area contributed by atoms with Crippen LogP contribution in [0.4, 0.5) is 5.82 Å². The largest absolute Gasteiger partial charge is 0.476 e. The lowest BCUT2D eigenvalue weighted by molar-refractivity contribution is 0.0690. The molecule has 1 aromatic heterocycles. The van der Waals surface area contributed by atoms with Gasteiger partial charge in [-0.05, 0) is 12.8 Å². The van der Waals surface area contributed by atoms with Crippen molar-refractivity contribution in [2.45, 2.75) is 18.9 Å². The Morgan fingerprint density at radius 2 is 2.18 bits per heavy atom. The zero-order valence-corrected chi connectivity index (χ0v) is 9.20. The monoisotopic (exact) mass is 235 g/mol. The normalized spacial score (nSPS) is 25.2. The highest BCUT2D eigenvalue weighted by molar-refractivity contribution is 5.84. The van der Waals surface area contributed by atoms with Crippen molar-refractivity contribution in [2.24, 2.45) is 5.41 Å². The van der Waals surface area contributed by atoms with Gasteiger partial charge in [-0.15, -0.1) is 0 Å². The Labute approximate surface area is 97.9 Å². The molecule has 0 amide bonds. The molecule has 2 aliphatic rings. The molecule has 0 aromatic carbocycles. The quantitative estimate of drug-likeness (QED) is 0.758. The van der Waals surface area contributed by atoms with Gasteiger partial charge >= 0.3 is 5.97 Å². The Hall–Kier alpha value is -1.69. The van der Waals surface area contributed by atoms with E-state index < -0.39 is 5.97 Å². The third-order valence-corrected chi connectivity index (χ3v) is 3.68. The van der Waals surface area contributed by atoms with E-state index in [2.05, 4.69) is 9.97 Å². The van der Waals surface area contributed by atoms with Crippen LogP contribution in [0.15, 0.2) is 12.4 Å². The van der Waals surface area contributed by atoms with E-state index in [1.54, 1.807) is 0 Å². The van der Waals surface area contributed by atoms with E-state index in [0.29, 0.717) is 12.4 Å². The van der Waals surface area contributed by atoms with E-state index in [-0.39, 0.29) is 17.2 Å². The predicted octanol–water partition coefficient (Wildman–Crippen LogP) is 0.136. The van der Waals surface area contributed by atoms with Gasteiger partial charge in [-0.1, -0.05) is 0 Å². The Balaban J connectivity index is 1.79. The average molecular weight is 235 g/mol. The smallest absolute Gasteiger partial charge is 0.356 e. The molecule has 1 atom stereocenters.